The number of hydrogen-bond donors (Lipinski definition) is 2. The maximum Gasteiger partial charge on any atom is 0.336 e. The normalized spacial score (nSPS) is 20.6. The van der Waals surface area contributed by atoms with E-state index in [9.17, 15) is 14.7 Å². The number of halogens is 1. The molecule has 2 atom stereocenters. The summed E-state index contributed by atoms with van der Waals surface area (Å²) in [7, 11) is 2.78. The number of carbonyl (C=O) groups excluding carboxylic acids is 2. The van der Waals surface area contributed by atoms with Crippen molar-refractivity contribution in [3.63, 3.8) is 0 Å². The van der Waals surface area contributed by atoms with Crippen molar-refractivity contribution in [2.75, 3.05) is 14.2 Å². The number of benzene rings is 2. The Bertz CT molecular complexity index is 1150. The Hall–Kier alpha value is -3.06. The van der Waals surface area contributed by atoms with E-state index in [2.05, 4.69) is 21.2 Å². The molecular weight excluding hydrogens is 474 g/mol. The Morgan fingerprint density at radius 3 is 2.50 bits per heavy atom. The summed E-state index contributed by atoms with van der Waals surface area (Å²) >= 11 is 3.36. The molecule has 166 valence electrons. The molecule has 2 aromatic carbocycles. The number of allylic oxidation sites excluding steroid dienone is 3. The highest BCUT2D eigenvalue weighted by molar-refractivity contribution is 9.10. The first-order valence-electron chi connectivity index (χ1n) is 10.3. The zero-order valence-corrected chi connectivity index (χ0v) is 19.7. The molecule has 2 N–H and O–H groups in total. The van der Waals surface area contributed by atoms with Crippen molar-refractivity contribution in [1.29, 1.82) is 0 Å². The molecule has 7 heteroatoms. The van der Waals surface area contributed by atoms with Crippen molar-refractivity contribution >= 4 is 27.7 Å². The van der Waals surface area contributed by atoms with E-state index in [0.29, 0.717) is 39.7 Å². The lowest BCUT2D eigenvalue weighted by Gasteiger charge is -2.36. The number of dihydropyridines is 1. The highest BCUT2D eigenvalue weighted by atomic mass is 79.9. The van der Waals surface area contributed by atoms with Crippen LogP contribution in [0, 0.1) is 0 Å². The van der Waals surface area contributed by atoms with Gasteiger partial charge in [0, 0.05) is 29.3 Å². The second kappa shape index (κ2) is 8.82. The standard InChI is InChI=1S/C25H24BrNO5/c1-13-21(25(30)32-3)22(16-9-17(26)24(29)20(12-16)31-2)23-18(27-13)10-15(11-19(23)28)14-7-5-4-6-8-14/h4-9,12,15,22,27,29H,10-11H2,1-3H3/t15-,22-/m0/s1. The fraction of sp³-hybridized carbons (Fsp3) is 0.280. The number of aromatic hydroxyl groups is 1. The minimum atomic E-state index is -0.631. The molecule has 0 amide bonds. The van der Waals surface area contributed by atoms with Gasteiger partial charge in [-0.1, -0.05) is 30.3 Å². The summed E-state index contributed by atoms with van der Waals surface area (Å²) < 4.78 is 10.8. The van der Waals surface area contributed by atoms with Crippen molar-refractivity contribution in [3.8, 4) is 11.5 Å². The van der Waals surface area contributed by atoms with Gasteiger partial charge in [-0.05, 0) is 58.5 Å². The molecule has 0 saturated carbocycles. The van der Waals surface area contributed by atoms with Crippen molar-refractivity contribution in [2.24, 2.45) is 0 Å². The number of methoxy groups -OCH3 is 2. The van der Waals surface area contributed by atoms with Crippen LogP contribution in [0.25, 0.3) is 0 Å². The van der Waals surface area contributed by atoms with Crippen LogP contribution in [0.5, 0.6) is 11.5 Å². The first-order valence-corrected chi connectivity index (χ1v) is 11.1. The number of Topliss-reactive ketones (excluding diaryl/α,β-unsaturated/α-hetero) is 1. The van der Waals surface area contributed by atoms with Crippen LogP contribution in [-0.4, -0.2) is 31.1 Å². The van der Waals surface area contributed by atoms with Gasteiger partial charge in [-0.25, -0.2) is 4.79 Å². The zero-order chi connectivity index (χ0) is 23.0. The molecule has 2 aromatic rings. The summed E-state index contributed by atoms with van der Waals surface area (Å²) in [6.45, 7) is 1.81. The Morgan fingerprint density at radius 2 is 1.84 bits per heavy atom. The molecule has 0 unspecified atom stereocenters. The fourth-order valence-corrected chi connectivity index (χ4v) is 5.09. The Balaban J connectivity index is 1.87. The van der Waals surface area contributed by atoms with Gasteiger partial charge in [0.2, 0.25) is 0 Å². The van der Waals surface area contributed by atoms with Gasteiger partial charge in [0.15, 0.2) is 17.3 Å². The summed E-state index contributed by atoms with van der Waals surface area (Å²) in [5, 5.41) is 13.6. The predicted octanol–water partition coefficient (Wildman–Crippen LogP) is 4.70. The van der Waals surface area contributed by atoms with Crippen LogP contribution in [0.1, 0.15) is 42.7 Å². The largest absolute Gasteiger partial charge is 0.503 e. The first kappa shape index (κ1) is 22.1. The zero-order valence-electron chi connectivity index (χ0n) is 18.1. The molecule has 0 bridgehead atoms. The number of hydrogen-bond acceptors (Lipinski definition) is 6. The number of esters is 1. The Morgan fingerprint density at radius 1 is 1.12 bits per heavy atom. The third-order valence-corrected chi connectivity index (χ3v) is 6.71. The Labute approximate surface area is 195 Å². The predicted molar refractivity (Wildman–Crippen MR) is 123 cm³/mol. The average Bonchev–Trinajstić information content (AvgIpc) is 2.79. The lowest BCUT2D eigenvalue weighted by Crippen LogP contribution is -2.36. The van der Waals surface area contributed by atoms with Crippen LogP contribution < -0.4 is 10.1 Å². The third kappa shape index (κ3) is 3.81. The first-order chi connectivity index (χ1) is 15.3. The van der Waals surface area contributed by atoms with Crippen LogP contribution in [0.15, 0.2) is 69.5 Å². The molecule has 1 aliphatic carbocycles. The summed E-state index contributed by atoms with van der Waals surface area (Å²) in [6, 6.07) is 13.4. The molecule has 1 heterocycles. The third-order valence-electron chi connectivity index (χ3n) is 6.11. The van der Waals surface area contributed by atoms with Gasteiger partial charge in [0.05, 0.1) is 24.3 Å². The van der Waals surface area contributed by atoms with E-state index >= 15 is 0 Å². The van der Waals surface area contributed by atoms with Crippen molar-refractivity contribution < 1.29 is 24.2 Å². The summed E-state index contributed by atoms with van der Waals surface area (Å²) in [6.07, 6.45) is 1.01. The molecule has 0 spiro atoms. The van der Waals surface area contributed by atoms with Crippen LogP contribution in [0.3, 0.4) is 0 Å². The Kier molecular flexibility index (Phi) is 6.11. The van der Waals surface area contributed by atoms with Crippen molar-refractivity contribution in [3.05, 3.63) is 80.6 Å². The molecule has 0 aromatic heterocycles. The van der Waals surface area contributed by atoms with Crippen molar-refractivity contribution in [2.45, 2.75) is 31.6 Å². The molecule has 0 radical (unpaired) electrons. The topological polar surface area (TPSA) is 84.9 Å². The number of ether oxygens (including phenoxy) is 2. The van der Waals surface area contributed by atoms with Crippen LogP contribution in [0.4, 0.5) is 0 Å². The number of phenols is 1. The molecule has 0 saturated heterocycles. The number of nitrogens with one attached hydrogen (secondary N) is 1. The average molecular weight is 498 g/mol. The van der Waals surface area contributed by atoms with Crippen molar-refractivity contribution in [1.82, 2.24) is 5.32 Å². The van der Waals surface area contributed by atoms with Gasteiger partial charge in [0.1, 0.15) is 0 Å². The minimum absolute atomic E-state index is 0.0188. The second-order valence-corrected chi connectivity index (χ2v) is 8.83. The summed E-state index contributed by atoms with van der Waals surface area (Å²) in [5.74, 6) is -0.888. The highest BCUT2D eigenvalue weighted by Crippen LogP contribution is 2.48. The SMILES string of the molecule is COC(=O)C1=C(C)NC2=C(C(=O)C[C@@H](c3ccccc3)C2)[C@H]1c1cc(Br)c(O)c(OC)c1. The van der Waals surface area contributed by atoms with E-state index in [4.69, 9.17) is 9.47 Å². The van der Waals surface area contributed by atoms with E-state index in [-0.39, 0.29) is 23.2 Å². The molecule has 4 rings (SSSR count). The monoisotopic (exact) mass is 497 g/mol. The lowest BCUT2D eigenvalue weighted by atomic mass is 9.71. The van der Waals surface area contributed by atoms with Crippen LogP contribution in [0.2, 0.25) is 0 Å². The minimum Gasteiger partial charge on any atom is -0.503 e. The molecule has 6 nitrogen and oxygen atoms in total. The van der Waals surface area contributed by atoms with E-state index < -0.39 is 11.9 Å². The fourth-order valence-electron chi connectivity index (χ4n) is 4.63. The highest BCUT2D eigenvalue weighted by Gasteiger charge is 2.41. The van der Waals surface area contributed by atoms with Gasteiger partial charge in [0.25, 0.3) is 0 Å². The number of rotatable bonds is 4. The van der Waals surface area contributed by atoms with E-state index in [0.717, 1.165) is 11.3 Å². The maximum atomic E-state index is 13.5. The maximum absolute atomic E-state index is 13.5. The van der Waals surface area contributed by atoms with Gasteiger partial charge >= 0.3 is 5.97 Å². The van der Waals surface area contributed by atoms with Crippen LogP contribution in [-0.2, 0) is 14.3 Å². The summed E-state index contributed by atoms with van der Waals surface area (Å²) in [5.41, 5.74) is 4.16. The van der Waals surface area contributed by atoms with Gasteiger partial charge < -0.3 is 19.9 Å². The lowest BCUT2D eigenvalue weighted by molar-refractivity contribution is -0.136. The quantitative estimate of drug-likeness (QED) is 0.595. The smallest absolute Gasteiger partial charge is 0.336 e. The van der Waals surface area contributed by atoms with E-state index in [1.54, 1.807) is 12.1 Å². The van der Waals surface area contributed by atoms with Gasteiger partial charge in [-0.15, -0.1) is 0 Å². The molecule has 1 aliphatic heterocycles. The van der Waals surface area contributed by atoms with Crippen LogP contribution >= 0.6 is 15.9 Å². The number of carbonyl (C=O) groups is 2. The molecule has 2 aliphatic rings. The van der Waals surface area contributed by atoms with Gasteiger partial charge in [-0.2, -0.15) is 0 Å². The van der Waals surface area contributed by atoms with Gasteiger partial charge in [-0.3, -0.25) is 4.79 Å². The second-order valence-electron chi connectivity index (χ2n) is 7.97. The molecule has 32 heavy (non-hydrogen) atoms. The summed E-state index contributed by atoms with van der Waals surface area (Å²) in [4.78, 5) is 26.3. The number of ketones is 1. The van der Waals surface area contributed by atoms with E-state index in [1.807, 2.05) is 37.3 Å². The molecular formula is C25H24BrNO5. The molecule has 0 fully saturated rings. The number of phenolic OH excluding ortho intramolecular Hbond substituents is 1. The van der Waals surface area contributed by atoms with E-state index in [1.165, 1.54) is 14.2 Å².